The predicted molar refractivity (Wildman–Crippen MR) is 57.2 cm³/mol. The highest BCUT2D eigenvalue weighted by Crippen LogP contribution is 2.15. The summed E-state index contributed by atoms with van der Waals surface area (Å²) in [6, 6.07) is 7.09. The summed E-state index contributed by atoms with van der Waals surface area (Å²) in [6.07, 6.45) is 1.24. The zero-order valence-corrected chi connectivity index (χ0v) is 8.69. The fraction of sp³-hybridized carbons (Fsp3) is 0.182. The number of hydrogen-bond donors (Lipinski definition) is 1. The van der Waals surface area contributed by atoms with Gasteiger partial charge in [-0.05, 0) is 29.8 Å². The van der Waals surface area contributed by atoms with Crippen LogP contribution in [0.3, 0.4) is 0 Å². The maximum Gasteiger partial charge on any atom is 0.332 e. The number of esters is 1. The quantitative estimate of drug-likeness (QED) is 0.597. The summed E-state index contributed by atoms with van der Waals surface area (Å²) < 4.78 is 9.47. The van der Waals surface area contributed by atoms with E-state index < -0.39 is 5.97 Å². The van der Waals surface area contributed by atoms with Crippen LogP contribution in [-0.2, 0) is 9.53 Å². The molecule has 0 heterocycles. The lowest BCUT2D eigenvalue weighted by Gasteiger charge is -2.03. The second-order valence-corrected chi connectivity index (χ2v) is 2.85. The van der Waals surface area contributed by atoms with Crippen LogP contribution in [-0.4, -0.2) is 20.2 Å². The first-order chi connectivity index (χ1) is 7.17. The number of nitrogens with two attached hydrogens (primary N) is 1. The largest absolute Gasteiger partial charge is 0.497 e. The molecule has 2 N–H and O–H groups in total. The summed E-state index contributed by atoms with van der Waals surface area (Å²) in [5, 5.41) is 0. The minimum atomic E-state index is -0.469. The van der Waals surface area contributed by atoms with Crippen molar-refractivity contribution in [2.75, 3.05) is 14.2 Å². The van der Waals surface area contributed by atoms with E-state index in [-0.39, 0.29) is 0 Å². The van der Waals surface area contributed by atoms with Gasteiger partial charge in [0.2, 0.25) is 0 Å². The molecule has 4 nitrogen and oxygen atoms in total. The average Bonchev–Trinajstić information content (AvgIpc) is 2.29. The Hall–Kier alpha value is -1.97. The van der Waals surface area contributed by atoms with Crippen molar-refractivity contribution in [2.24, 2.45) is 5.73 Å². The van der Waals surface area contributed by atoms with Crippen molar-refractivity contribution < 1.29 is 14.3 Å². The maximum absolute atomic E-state index is 10.9. The summed E-state index contributed by atoms with van der Waals surface area (Å²) in [5.41, 5.74) is 6.80. The van der Waals surface area contributed by atoms with Crippen LogP contribution in [0.5, 0.6) is 5.75 Å². The fourth-order valence-electron chi connectivity index (χ4n) is 1.05. The number of rotatable bonds is 3. The molecular formula is C11H13NO3. The molecule has 0 fully saturated rings. The van der Waals surface area contributed by atoms with Crippen molar-refractivity contribution in [3.05, 3.63) is 35.9 Å². The van der Waals surface area contributed by atoms with Gasteiger partial charge in [0.1, 0.15) is 5.75 Å². The number of hydrogen-bond acceptors (Lipinski definition) is 4. The molecule has 0 aliphatic rings. The molecule has 0 aliphatic carbocycles. The van der Waals surface area contributed by atoms with Crippen molar-refractivity contribution in [3.63, 3.8) is 0 Å². The Balaban J connectivity index is 2.87. The van der Waals surface area contributed by atoms with Crippen LogP contribution in [0.1, 0.15) is 5.56 Å². The molecule has 0 saturated carbocycles. The summed E-state index contributed by atoms with van der Waals surface area (Å²) in [4.78, 5) is 10.9. The van der Waals surface area contributed by atoms with Crippen LogP contribution in [0.15, 0.2) is 30.3 Å². The molecule has 15 heavy (non-hydrogen) atoms. The van der Waals surface area contributed by atoms with Crippen LogP contribution in [0, 0.1) is 0 Å². The molecule has 4 heteroatoms. The molecular weight excluding hydrogens is 194 g/mol. The van der Waals surface area contributed by atoms with Gasteiger partial charge in [0.15, 0.2) is 0 Å². The SMILES string of the molecule is COC(=O)/C=C(\N)c1ccc(OC)cc1. The van der Waals surface area contributed by atoms with Crippen molar-refractivity contribution in [1.29, 1.82) is 0 Å². The van der Waals surface area contributed by atoms with Crippen molar-refractivity contribution in [3.8, 4) is 5.75 Å². The van der Waals surface area contributed by atoms with Crippen LogP contribution < -0.4 is 10.5 Å². The Morgan fingerprint density at radius 2 is 1.87 bits per heavy atom. The van der Waals surface area contributed by atoms with E-state index in [4.69, 9.17) is 10.5 Å². The molecule has 0 amide bonds. The first-order valence-electron chi connectivity index (χ1n) is 4.37. The second-order valence-electron chi connectivity index (χ2n) is 2.85. The monoisotopic (exact) mass is 207 g/mol. The third kappa shape index (κ3) is 3.02. The molecule has 0 bridgehead atoms. The van der Waals surface area contributed by atoms with Crippen LogP contribution in [0.4, 0.5) is 0 Å². The molecule has 80 valence electrons. The normalized spacial score (nSPS) is 10.9. The van der Waals surface area contributed by atoms with Gasteiger partial charge in [-0.25, -0.2) is 4.79 Å². The van der Waals surface area contributed by atoms with Gasteiger partial charge in [-0.1, -0.05) is 0 Å². The van der Waals surface area contributed by atoms with E-state index in [1.807, 2.05) is 0 Å². The lowest BCUT2D eigenvalue weighted by Crippen LogP contribution is -2.02. The number of ether oxygens (including phenoxy) is 2. The molecule has 0 atom stereocenters. The summed E-state index contributed by atoms with van der Waals surface area (Å²) in [7, 11) is 2.89. The van der Waals surface area contributed by atoms with Crippen molar-refractivity contribution in [2.45, 2.75) is 0 Å². The molecule has 0 aliphatic heterocycles. The third-order valence-electron chi connectivity index (χ3n) is 1.90. The molecule has 1 aromatic carbocycles. The third-order valence-corrected chi connectivity index (χ3v) is 1.90. The molecule has 1 rings (SSSR count). The van der Waals surface area contributed by atoms with E-state index in [0.29, 0.717) is 5.70 Å². The molecule has 0 spiro atoms. The van der Waals surface area contributed by atoms with Crippen molar-refractivity contribution in [1.82, 2.24) is 0 Å². The van der Waals surface area contributed by atoms with E-state index >= 15 is 0 Å². The molecule has 0 saturated heterocycles. The van der Waals surface area contributed by atoms with Crippen LogP contribution in [0.2, 0.25) is 0 Å². The topological polar surface area (TPSA) is 61.5 Å². The first-order valence-corrected chi connectivity index (χ1v) is 4.37. The summed E-state index contributed by atoms with van der Waals surface area (Å²) in [5.74, 6) is 0.271. The molecule has 0 radical (unpaired) electrons. The van der Waals surface area contributed by atoms with Gasteiger partial charge in [0, 0.05) is 11.8 Å². The lowest BCUT2D eigenvalue weighted by molar-refractivity contribution is -0.134. The molecule has 1 aromatic rings. The van der Waals surface area contributed by atoms with Gasteiger partial charge < -0.3 is 15.2 Å². The van der Waals surface area contributed by atoms with Crippen molar-refractivity contribution >= 4 is 11.7 Å². The Morgan fingerprint density at radius 3 is 2.33 bits per heavy atom. The fourth-order valence-corrected chi connectivity index (χ4v) is 1.05. The Bertz CT molecular complexity index is 368. The smallest absolute Gasteiger partial charge is 0.332 e. The minimum Gasteiger partial charge on any atom is -0.497 e. The average molecular weight is 207 g/mol. The molecule has 0 unspecified atom stereocenters. The van der Waals surface area contributed by atoms with E-state index in [2.05, 4.69) is 4.74 Å². The standard InChI is InChI=1S/C11H13NO3/c1-14-9-5-3-8(4-6-9)10(12)7-11(13)15-2/h3-7H,12H2,1-2H3/b10-7-. The van der Waals surface area contributed by atoms with Gasteiger partial charge in [0.05, 0.1) is 14.2 Å². The highest BCUT2D eigenvalue weighted by atomic mass is 16.5. The van der Waals surface area contributed by atoms with E-state index in [1.54, 1.807) is 31.4 Å². The number of carbonyl (C=O) groups is 1. The highest BCUT2D eigenvalue weighted by molar-refractivity contribution is 5.90. The van der Waals surface area contributed by atoms with E-state index in [1.165, 1.54) is 13.2 Å². The Labute approximate surface area is 88.3 Å². The molecule has 0 aromatic heterocycles. The van der Waals surface area contributed by atoms with Gasteiger partial charge >= 0.3 is 5.97 Å². The minimum absolute atomic E-state index is 0.365. The zero-order chi connectivity index (χ0) is 11.3. The Morgan fingerprint density at radius 1 is 1.27 bits per heavy atom. The van der Waals surface area contributed by atoms with Crippen LogP contribution >= 0.6 is 0 Å². The van der Waals surface area contributed by atoms with Crippen LogP contribution in [0.25, 0.3) is 5.70 Å². The number of methoxy groups -OCH3 is 2. The second kappa shape index (κ2) is 5.05. The first kappa shape index (κ1) is 11.1. The maximum atomic E-state index is 10.9. The van der Waals surface area contributed by atoms with Gasteiger partial charge in [-0.3, -0.25) is 0 Å². The number of carbonyl (C=O) groups excluding carboxylic acids is 1. The zero-order valence-electron chi connectivity index (χ0n) is 8.69. The number of benzene rings is 1. The van der Waals surface area contributed by atoms with Gasteiger partial charge in [0.25, 0.3) is 0 Å². The summed E-state index contributed by atoms with van der Waals surface area (Å²) in [6.45, 7) is 0. The summed E-state index contributed by atoms with van der Waals surface area (Å²) >= 11 is 0. The Kier molecular flexibility index (Phi) is 3.74. The predicted octanol–water partition coefficient (Wildman–Crippen LogP) is 1.17. The van der Waals surface area contributed by atoms with Gasteiger partial charge in [-0.15, -0.1) is 0 Å². The highest BCUT2D eigenvalue weighted by Gasteiger charge is 2.00. The van der Waals surface area contributed by atoms with Gasteiger partial charge in [-0.2, -0.15) is 0 Å². The van der Waals surface area contributed by atoms with E-state index in [0.717, 1.165) is 11.3 Å². The van der Waals surface area contributed by atoms with E-state index in [9.17, 15) is 4.79 Å². The lowest BCUT2D eigenvalue weighted by atomic mass is 10.1.